The van der Waals surface area contributed by atoms with Crippen molar-refractivity contribution in [2.75, 3.05) is 14.1 Å². The molecule has 0 bridgehead atoms. The van der Waals surface area contributed by atoms with Crippen molar-refractivity contribution in [2.24, 2.45) is 0 Å². The lowest BCUT2D eigenvalue weighted by Gasteiger charge is -2.02. The lowest BCUT2D eigenvalue weighted by molar-refractivity contribution is -0.126. The van der Waals surface area contributed by atoms with Crippen LogP contribution in [0.5, 0.6) is 0 Å². The molecule has 0 aliphatic carbocycles. The Balaban J connectivity index is 0. The van der Waals surface area contributed by atoms with E-state index in [0.29, 0.717) is 0 Å². The summed E-state index contributed by atoms with van der Waals surface area (Å²) in [5, 5.41) is 0. The molecule has 0 fully saturated rings. The first-order valence-electron chi connectivity index (χ1n) is 6.74. The van der Waals surface area contributed by atoms with Crippen LogP contribution in [-0.2, 0) is 4.79 Å². The van der Waals surface area contributed by atoms with E-state index in [4.69, 9.17) is 0 Å². The number of nitrogens with zero attached hydrogens (tertiary/aromatic N) is 1. The van der Waals surface area contributed by atoms with E-state index in [1.807, 2.05) is 0 Å². The molecule has 0 spiro atoms. The molecule has 0 saturated heterocycles. The molecule has 0 unspecified atom stereocenters. The molecule has 0 aliphatic heterocycles. The summed E-state index contributed by atoms with van der Waals surface area (Å²) in [6.45, 7) is 6.07. The summed E-state index contributed by atoms with van der Waals surface area (Å²) in [6, 6.07) is 0. The average molecular weight is 229 g/mol. The first-order valence-corrected chi connectivity index (χ1v) is 6.74. The van der Waals surface area contributed by atoms with Gasteiger partial charge in [-0.3, -0.25) is 4.79 Å². The Labute approximate surface area is 102 Å². The molecule has 0 aromatic rings. The highest BCUT2D eigenvalue weighted by Crippen LogP contribution is 2.07. The fraction of sp³-hybridized carbons (Fsp3) is 0.929. The van der Waals surface area contributed by atoms with Crippen LogP contribution in [0.15, 0.2) is 0 Å². The molecule has 0 radical (unpaired) electrons. The minimum absolute atomic E-state index is 0.0926. The van der Waals surface area contributed by atoms with Gasteiger partial charge in [-0.1, -0.05) is 65.2 Å². The summed E-state index contributed by atoms with van der Waals surface area (Å²) in [4.78, 5) is 11.6. The molecule has 0 saturated carbocycles. The maximum atomic E-state index is 10.1. The Morgan fingerprint density at radius 3 is 1.25 bits per heavy atom. The third-order valence-corrected chi connectivity index (χ3v) is 2.59. The third-order valence-electron chi connectivity index (χ3n) is 2.59. The lowest BCUT2D eigenvalue weighted by Crippen LogP contribution is -2.17. The minimum atomic E-state index is 0.0926. The van der Waals surface area contributed by atoms with E-state index < -0.39 is 0 Å². The predicted octanol–water partition coefficient (Wildman–Crippen LogP) is 4.24. The number of unbranched alkanes of at least 4 members (excludes halogenated alkanes) is 7. The molecule has 0 aromatic heterocycles. The third kappa shape index (κ3) is 19.1. The molecular formula is C14H31NO. The number of amides is 1. The quantitative estimate of drug-likeness (QED) is 0.598. The normalized spacial score (nSPS) is 9.31. The number of carbonyl (C=O) groups excluding carboxylic acids is 1. The zero-order valence-electron chi connectivity index (χ0n) is 12.0. The molecule has 2 heteroatoms. The van der Waals surface area contributed by atoms with Crippen LogP contribution in [0.2, 0.25) is 0 Å². The van der Waals surface area contributed by atoms with Crippen molar-refractivity contribution in [1.29, 1.82) is 0 Å². The van der Waals surface area contributed by atoms with Crippen LogP contribution < -0.4 is 0 Å². The molecular weight excluding hydrogens is 198 g/mol. The van der Waals surface area contributed by atoms with E-state index in [0.717, 1.165) is 0 Å². The molecule has 1 amide bonds. The van der Waals surface area contributed by atoms with Crippen LogP contribution in [0.4, 0.5) is 0 Å². The highest BCUT2D eigenvalue weighted by molar-refractivity contribution is 5.72. The molecule has 0 N–H and O–H groups in total. The van der Waals surface area contributed by atoms with Crippen molar-refractivity contribution in [3.05, 3.63) is 0 Å². The first-order chi connectivity index (χ1) is 7.56. The second-order valence-electron chi connectivity index (χ2n) is 4.53. The molecule has 2 nitrogen and oxygen atoms in total. The van der Waals surface area contributed by atoms with Gasteiger partial charge in [-0.25, -0.2) is 0 Å². The molecule has 0 rings (SSSR count). The summed E-state index contributed by atoms with van der Waals surface area (Å²) in [5.74, 6) is 0.0926. The standard InChI is InChI=1S/C10H22.C4H9NO/c1-3-5-7-9-10-8-6-4-2;1-4(6)5(2)3/h3-10H2,1-2H3;1-3H3. The van der Waals surface area contributed by atoms with Crippen LogP contribution in [0.3, 0.4) is 0 Å². The van der Waals surface area contributed by atoms with E-state index in [1.54, 1.807) is 14.1 Å². The Morgan fingerprint density at radius 1 is 0.812 bits per heavy atom. The number of carbonyl (C=O) groups is 1. The van der Waals surface area contributed by atoms with Crippen LogP contribution in [0, 0.1) is 0 Å². The van der Waals surface area contributed by atoms with Crippen molar-refractivity contribution in [3.8, 4) is 0 Å². The highest BCUT2D eigenvalue weighted by atomic mass is 16.2. The fourth-order valence-corrected chi connectivity index (χ4v) is 1.21. The van der Waals surface area contributed by atoms with Gasteiger partial charge in [0.25, 0.3) is 0 Å². The SMILES string of the molecule is CC(=O)N(C)C.CCCCCCCCCC. The van der Waals surface area contributed by atoms with Gasteiger partial charge in [0.2, 0.25) is 5.91 Å². The summed E-state index contributed by atoms with van der Waals surface area (Å²) < 4.78 is 0. The molecule has 0 heterocycles. The largest absolute Gasteiger partial charge is 0.349 e. The van der Waals surface area contributed by atoms with Gasteiger partial charge < -0.3 is 4.90 Å². The van der Waals surface area contributed by atoms with Gasteiger partial charge in [-0.15, -0.1) is 0 Å². The number of rotatable bonds is 7. The molecule has 98 valence electrons. The maximum absolute atomic E-state index is 10.1. The van der Waals surface area contributed by atoms with Crippen molar-refractivity contribution in [1.82, 2.24) is 4.90 Å². The molecule has 0 atom stereocenters. The fourth-order valence-electron chi connectivity index (χ4n) is 1.21. The summed E-state index contributed by atoms with van der Waals surface area (Å²) >= 11 is 0. The van der Waals surface area contributed by atoms with Crippen LogP contribution in [-0.4, -0.2) is 24.9 Å². The first kappa shape index (κ1) is 17.9. The second kappa shape index (κ2) is 14.5. The molecule has 0 aliphatic rings. The van der Waals surface area contributed by atoms with E-state index in [1.165, 1.54) is 63.2 Å². The van der Waals surface area contributed by atoms with Crippen molar-refractivity contribution < 1.29 is 4.79 Å². The Kier molecular flexibility index (Phi) is 16.1. The van der Waals surface area contributed by atoms with Gasteiger partial charge >= 0.3 is 0 Å². The van der Waals surface area contributed by atoms with Gasteiger partial charge in [-0.05, 0) is 0 Å². The topological polar surface area (TPSA) is 20.3 Å². The van der Waals surface area contributed by atoms with Gasteiger partial charge in [0.05, 0.1) is 0 Å². The maximum Gasteiger partial charge on any atom is 0.218 e. The summed E-state index contributed by atoms with van der Waals surface area (Å²) in [7, 11) is 3.45. The molecule has 16 heavy (non-hydrogen) atoms. The Bertz CT molecular complexity index is 136. The van der Waals surface area contributed by atoms with Crippen molar-refractivity contribution >= 4 is 5.91 Å². The van der Waals surface area contributed by atoms with Gasteiger partial charge in [0.15, 0.2) is 0 Å². The molecule has 0 aromatic carbocycles. The summed E-state index contributed by atoms with van der Waals surface area (Å²) in [6.07, 6.45) is 11.5. The van der Waals surface area contributed by atoms with E-state index in [9.17, 15) is 4.79 Å². The second-order valence-corrected chi connectivity index (χ2v) is 4.53. The van der Waals surface area contributed by atoms with Gasteiger partial charge in [0, 0.05) is 21.0 Å². The summed E-state index contributed by atoms with van der Waals surface area (Å²) in [5.41, 5.74) is 0. The van der Waals surface area contributed by atoms with Gasteiger partial charge in [-0.2, -0.15) is 0 Å². The number of hydrogen-bond acceptors (Lipinski definition) is 1. The zero-order valence-corrected chi connectivity index (χ0v) is 12.0. The van der Waals surface area contributed by atoms with E-state index >= 15 is 0 Å². The van der Waals surface area contributed by atoms with Crippen LogP contribution in [0.25, 0.3) is 0 Å². The van der Waals surface area contributed by atoms with Crippen molar-refractivity contribution in [2.45, 2.75) is 72.1 Å². The van der Waals surface area contributed by atoms with Crippen molar-refractivity contribution in [3.63, 3.8) is 0 Å². The Hall–Kier alpha value is -0.530. The zero-order chi connectivity index (χ0) is 12.8. The van der Waals surface area contributed by atoms with Gasteiger partial charge in [0.1, 0.15) is 0 Å². The van der Waals surface area contributed by atoms with Crippen LogP contribution >= 0.6 is 0 Å². The smallest absolute Gasteiger partial charge is 0.218 e. The van der Waals surface area contributed by atoms with E-state index in [-0.39, 0.29) is 5.91 Å². The average Bonchev–Trinajstić information content (AvgIpc) is 2.24. The highest BCUT2D eigenvalue weighted by Gasteiger charge is 1.88. The number of hydrogen-bond donors (Lipinski definition) is 0. The predicted molar refractivity (Wildman–Crippen MR) is 72.7 cm³/mol. The van der Waals surface area contributed by atoms with E-state index in [2.05, 4.69) is 13.8 Å². The lowest BCUT2D eigenvalue weighted by atomic mass is 10.1. The van der Waals surface area contributed by atoms with Crippen LogP contribution in [0.1, 0.15) is 72.1 Å². The monoisotopic (exact) mass is 229 g/mol. The minimum Gasteiger partial charge on any atom is -0.349 e. The Morgan fingerprint density at radius 2 is 1.06 bits per heavy atom.